The standard InChI is InChI=1S/C37H42N6O4/c1-3-5-6-14-29-21-27(23-35(37(29)45)43-40-32-17-9-10-18-33(32)41-43)24-47-25-46-19-12-11-13-26-20-28(4-2)36(44)34(22-26)42-38-30-15-7-8-16-31(30)39-42/h7-10,15-18,20-23,44-45H,3-6,11-14,19,24-25H2,1-2H3. The van der Waals surface area contributed by atoms with E-state index in [1.807, 2.05) is 73.7 Å². The van der Waals surface area contributed by atoms with Gasteiger partial charge in [-0.15, -0.1) is 30.0 Å². The zero-order valence-corrected chi connectivity index (χ0v) is 27.1. The normalized spacial score (nSPS) is 11.6. The van der Waals surface area contributed by atoms with Crippen molar-refractivity contribution in [3.8, 4) is 22.9 Å². The molecule has 0 saturated carbocycles. The van der Waals surface area contributed by atoms with Crippen LogP contribution in [0.4, 0.5) is 0 Å². The minimum absolute atomic E-state index is 0.174. The summed E-state index contributed by atoms with van der Waals surface area (Å²) in [4.78, 5) is 3.04. The Balaban J connectivity index is 1.02. The maximum atomic E-state index is 11.1. The minimum Gasteiger partial charge on any atom is -0.505 e. The molecule has 0 radical (unpaired) electrons. The quantitative estimate of drug-likeness (QED) is 0.0836. The van der Waals surface area contributed by atoms with Crippen LogP contribution in [0.1, 0.15) is 68.2 Å². The van der Waals surface area contributed by atoms with Crippen LogP contribution in [0.3, 0.4) is 0 Å². The molecule has 0 aliphatic heterocycles. The van der Waals surface area contributed by atoms with Crippen LogP contribution in [0, 0.1) is 0 Å². The second-order valence-corrected chi connectivity index (χ2v) is 11.8. The van der Waals surface area contributed by atoms with Gasteiger partial charge in [-0.3, -0.25) is 0 Å². The molecule has 0 spiro atoms. The van der Waals surface area contributed by atoms with Gasteiger partial charge in [0.25, 0.3) is 0 Å². The molecule has 0 amide bonds. The lowest BCUT2D eigenvalue weighted by Gasteiger charge is -2.13. The van der Waals surface area contributed by atoms with Gasteiger partial charge in [-0.25, -0.2) is 0 Å². The maximum absolute atomic E-state index is 11.1. The number of fused-ring (bicyclic) bond motifs is 2. The zero-order chi connectivity index (χ0) is 32.6. The Labute approximate surface area is 274 Å². The van der Waals surface area contributed by atoms with E-state index < -0.39 is 0 Å². The number of rotatable bonds is 16. The van der Waals surface area contributed by atoms with Gasteiger partial charge in [-0.2, -0.15) is 0 Å². The van der Waals surface area contributed by atoms with E-state index in [4.69, 9.17) is 9.47 Å². The van der Waals surface area contributed by atoms with E-state index in [1.54, 1.807) is 0 Å². The molecule has 2 aromatic heterocycles. The van der Waals surface area contributed by atoms with E-state index in [2.05, 4.69) is 33.4 Å². The van der Waals surface area contributed by atoms with Crippen LogP contribution in [-0.2, 0) is 35.3 Å². The van der Waals surface area contributed by atoms with Crippen molar-refractivity contribution >= 4 is 22.1 Å². The number of benzene rings is 4. The number of nitrogens with zero attached hydrogens (tertiary/aromatic N) is 6. The van der Waals surface area contributed by atoms with Crippen molar-refractivity contribution in [2.24, 2.45) is 0 Å². The lowest BCUT2D eigenvalue weighted by atomic mass is 10.0. The summed E-state index contributed by atoms with van der Waals surface area (Å²) in [6.45, 7) is 5.30. The van der Waals surface area contributed by atoms with Gasteiger partial charge in [0.2, 0.25) is 0 Å². The molecule has 0 aliphatic carbocycles. The monoisotopic (exact) mass is 634 g/mol. The van der Waals surface area contributed by atoms with Gasteiger partial charge in [0.1, 0.15) is 51.7 Å². The highest BCUT2D eigenvalue weighted by Gasteiger charge is 2.16. The van der Waals surface area contributed by atoms with Crippen molar-refractivity contribution in [1.82, 2.24) is 30.0 Å². The Bertz CT molecular complexity index is 1880. The average Bonchev–Trinajstić information content (AvgIpc) is 3.72. The lowest BCUT2D eigenvalue weighted by molar-refractivity contribution is -0.0622. The highest BCUT2D eigenvalue weighted by Crippen LogP contribution is 2.31. The molecule has 244 valence electrons. The Hall–Kier alpha value is -4.80. The Morgan fingerprint density at radius 2 is 1.13 bits per heavy atom. The van der Waals surface area contributed by atoms with Crippen LogP contribution >= 0.6 is 0 Å². The first-order valence-electron chi connectivity index (χ1n) is 16.5. The smallest absolute Gasteiger partial charge is 0.147 e. The fourth-order valence-corrected chi connectivity index (χ4v) is 5.79. The fourth-order valence-electron chi connectivity index (χ4n) is 5.79. The predicted molar refractivity (Wildman–Crippen MR) is 182 cm³/mol. The molecule has 4 aromatic carbocycles. The zero-order valence-electron chi connectivity index (χ0n) is 27.1. The van der Waals surface area contributed by atoms with Crippen molar-refractivity contribution in [1.29, 1.82) is 0 Å². The van der Waals surface area contributed by atoms with Crippen molar-refractivity contribution in [3.63, 3.8) is 0 Å². The summed E-state index contributed by atoms with van der Waals surface area (Å²) in [7, 11) is 0. The molecule has 6 rings (SSSR count). The van der Waals surface area contributed by atoms with Crippen molar-refractivity contribution in [3.05, 3.63) is 95.1 Å². The number of unbranched alkanes of at least 4 members (excludes halogenated alkanes) is 3. The second-order valence-electron chi connectivity index (χ2n) is 11.8. The Morgan fingerprint density at radius 3 is 1.70 bits per heavy atom. The Morgan fingerprint density at radius 1 is 0.596 bits per heavy atom. The van der Waals surface area contributed by atoms with Crippen LogP contribution in [0.25, 0.3) is 33.4 Å². The molecule has 2 heterocycles. The topological polar surface area (TPSA) is 120 Å². The number of aromatic hydroxyl groups is 2. The Kier molecular flexibility index (Phi) is 10.4. The molecule has 0 fully saturated rings. The summed E-state index contributed by atoms with van der Waals surface area (Å²) < 4.78 is 11.7. The number of ether oxygens (including phenoxy) is 2. The third kappa shape index (κ3) is 7.61. The van der Waals surface area contributed by atoms with Crippen LogP contribution in [0.5, 0.6) is 11.5 Å². The van der Waals surface area contributed by atoms with E-state index in [0.717, 1.165) is 89.3 Å². The second kappa shape index (κ2) is 15.2. The van der Waals surface area contributed by atoms with E-state index in [1.165, 1.54) is 9.59 Å². The summed E-state index contributed by atoms with van der Waals surface area (Å²) >= 11 is 0. The van der Waals surface area contributed by atoms with Crippen molar-refractivity contribution in [2.75, 3.05) is 13.4 Å². The summed E-state index contributed by atoms with van der Waals surface area (Å²) in [5, 5.41) is 40.3. The first-order chi connectivity index (χ1) is 23.0. The van der Waals surface area contributed by atoms with Gasteiger partial charge in [0.05, 0.1) is 6.61 Å². The van der Waals surface area contributed by atoms with E-state index in [0.29, 0.717) is 31.0 Å². The van der Waals surface area contributed by atoms with Crippen molar-refractivity contribution in [2.45, 2.75) is 71.8 Å². The molecule has 0 bridgehead atoms. The average molecular weight is 635 g/mol. The number of phenolic OH excluding ortho intramolecular Hbond substituents is 2. The highest BCUT2D eigenvalue weighted by atomic mass is 16.7. The molecular formula is C37H42N6O4. The number of aromatic nitrogens is 6. The van der Waals surface area contributed by atoms with Crippen LogP contribution in [0.2, 0.25) is 0 Å². The SMILES string of the molecule is CCCCCc1cc(COCOCCCCc2cc(CC)c(O)c(-n3nc4ccccc4n3)c2)cc(-n2nc3ccccc3n2)c1O. The molecule has 10 heteroatoms. The van der Waals surface area contributed by atoms with Crippen LogP contribution < -0.4 is 0 Å². The minimum atomic E-state index is 0.174. The van der Waals surface area contributed by atoms with Crippen LogP contribution in [0.15, 0.2) is 72.8 Å². The van der Waals surface area contributed by atoms with E-state index in [-0.39, 0.29) is 18.3 Å². The lowest BCUT2D eigenvalue weighted by Crippen LogP contribution is -2.06. The molecular weight excluding hydrogens is 592 g/mol. The van der Waals surface area contributed by atoms with Crippen molar-refractivity contribution < 1.29 is 19.7 Å². The highest BCUT2D eigenvalue weighted by molar-refractivity contribution is 5.74. The fraction of sp³-hybridized carbons (Fsp3) is 0.351. The maximum Gasteiger partial charge on any atom is 0.147 e. The summed E-state index contributed by atoms with van der Waals surface area (Å²) in [6.07, 6.45) is 7.33. The van der Waals surface area contributed by atoms with Gasteiger partial charge >= 0.3 is 0 Å². The van der Waals surface area contributed by atoms with Crippen LogP contribution in [-0.4, -0.2) is 53.6 Å². The molecule has 0 saturated heterocycles. The summed E-state index contributed by atoms with van der Waals surface area (Å²) in [5.41, 5.74) is 8.09. The third-order valence-electron chi connectivity index (χ3n) is 8.33. The number of aryl methyl sites for hydroxylation is 3. The molecule has 2 N–H and O–H groups in total. The largest absolute Gasteiger partial charge is 0.505 e. The van der Waals surface area contributed by atoms with E-state index in [9.17, 15) is 10.2 Å². The summed E-state index contributed by atoms with van der Waals surface area (Å²) in [6, 6.07) is 23.3. The van der Waals surface area contributed by atoms with Gasteiger partial charge in [0, 0.05) is 6.61 Å². The van der Waals surface area contributed by atoms with Gasteiger partial charge < -0.3 is 19.7 Å². The third-order valence-corrected chi connectivity index (χ3v) is 8.33. The first-order valence-corrected chi connectivity index (χ1v) is 16.5. The molecule has 0 atom stereocenters. The number of hydrogen-bond donors (Lipinski definition) is 2. The summed E-state index contributed by atoms with van der Waals surface area (Å²) in [5.74, 6) is 0.433. The first kappa shape index (κ1) is 32.2. The molecule has 0 unspecified atom stereocenters. The molecule has 47 heavy (non-hydrogen) atoms. The number of hydrogen-bond acceptors (Lipinski definition) is 8. The molecule has 10 nitrogen and oxygen atoms in total. The predicted octanol–water partition coefficient (Wildman–Crippen LogP) is 7.37. The van der Waals surface area contributed by atoms with Gasteiger partial charge in [0.15, 0.2) is 0 Å². The number of phenols is 2. The molecule has 6 aromatic rings. The van der Waals surface area contributed by atoms with Gasteiger partial charge in [-0.05, 0) is 103 Å². The molecule has 0 aliphatic rings. The van der Waals surface area contributed by atoms with Gasteiger partial charge in [-0.1, -0.05) is 57.0 Å². The van der Waals surface area contributed by atoms with E-state index >= 15 is 0 Å².